The summed E-state index contributed by atoms with van der Waals surface area (Å²) in [7, 11) is 0. The maximum Gasteiger partial charge on any atom is 0.323 e. The van der Waals surface area contributed by atoms with E-state index in [1.54, 1.807) is 102 Å². The molecule has 18 rings (SSSR count). The van der Waals surface area contributed by atoms with Gasteiger partial charge in [-0.05, 0) is 167 Å². The summed E-state index contributed by atoms with van der Waals surface area (Å²) in [5.41, 5.74) is -5.32. The largest absolute Gasteiger partial charge is 0.507 e. The molecule has 3 fully saturated rings. The summed E-state index contributed by atoms with van der Waals surface area (Å²) < 4.78 is 163. The van der Waals surface area contributed by atoms with E-state index in [1.165, 1.54) is 51.3 Å². The second kappa shape index (κ2) is 39.7. The molecule has 40 heteroatoms. The number of hydrogen-bond donors (Lipinski definition) is 5. The molecule has 0 aliphatic carbocycles. The van der Waals surface area contributed by atoms with Crippen LogP contribution >= 0.6 is 0 Å². The fourth-order valence-electron chi connectivity index (χ4n) is 21.2. The van der Waals surface area contributed by atoms with Gasteiger partial charge in [-0.1, -0.05) is 79.5 Å². The molecule has 0 saturated carbocycles. The Labute approximate surface area is 822 Å². The number of benzene rings is 6. The Balaban J connectivity index is 0.000000156. The number of rotatable bonds is 19. The molecule has 0 unspecified atom stereocenters. The van der Waals surface area contributed by atoms with Gasteiger partial charge >= 0.3 is 17.9 Å². The monoisotopic (exact) mass is 2000 g/mol. The van der Waals surface area contributed by atoms with Gasteiger partial charge in [0.1, 0.15) is 83.1 Å². The fraction of sp³-hybridized carbons (Fsp3) is 0.314. The van der Waals surface area contributed by atoms with Gasteiger partial charge in [-0.15, -0.1) is 0 Å². The highest BCUT2D eigenvalue weighted by molar-refractivity contribution is 6.08. The Bertz CT molecular complexity index is 7330. The molecule has 3 amide bonds. The number of fused-ring (bicyclic) bond motifs is 15. The van der Waals surface area contributed by atoms with Crippen LogP contribution in [0.5, 0.6) is 17.2 Å². The predicted octanol–water partition coefficient (Wildman–Crippen LogP) is 15.9. The second-order valence-electron chi connectivity index (χ2n) is 37.7. The third-order valence-corrected chi connectivity index (χ3v) is 27.4. The third-order valence-electron chi connectivity index (χ3n) is 27.4. The van der Waals surface area contributed by atoms with Gasteiger partial charge in [0, 0.05) is 116 Å². The van der Waals surface area contributed by atoms with Crippen molar-refractivity contribution in [2.75, 3.05) is 108 Å². The maximum atomic E-state index is 17.3. The van der Waals surface area contributed by atoms with E-state index in [9.17, 15) is 73.2 Å². The van der Waals surface area contributed by atoms with E-state index >= 15 is 39.5 Å². The van der Waals surface area contributed by atoms with E-state index < -0.39 is 210 Å². The number of pyridine rings is 6. The summed E-state index contributed by atoms with van der Waals surface area (Å²) in [4.78, 5) is 151. The number of carboxylic acid groups (broad SMARTS) is 3. The van der Waals surface area contributed by atoms with Crippen LogP contribution in [0.1, 0.15) is 114 Å². The van der Waals surface area contributed by atoms with Crippen LogP contribution in [0.2, 0.25) is 0 Å². The lowest BCUT2D eigenvalue weighted by molar-refractivity contribution is -0.136. The summed E-state index contributed by atoms with van der Waals surface area (Å²) in [5, 5.41) is 50.7. The number of halogens is 10. The zero-order valence-electron chi connectivity index (χ0n) is 80.7. The molecule has 0 bridgehead atoms. The van der Waals surface area contributed by atoms with Crippen LogP contribution in [-0.2, 0) is 28.8 Å². The first kappa shape index (κ1) is 102. The van der Waals surface area contributed by atoms with Crippen LogP contribution in [0.15, 0.2) is 162 Å². The van der Waals surface area contributed by atoms with E-state index in [0.717, 1.165) is 74.4 Å². The lowest BCUT2D eigenvalue weighted by Crippen LogP contribution is -2.64. The zero-order chi connectivity index (χ0) is 105. The van der Waals surface area contributed by atoms with Gasteiger partial charge in [0.05, 0.1) is 119 Å². The molecule has 6 aromatic heterocycles. The number of anilines is 6. The van der Waals surface area contributed by atoms with Crippen molar-refractivity contribution in [2.24, 2.45) is 0 Å². The SMILES string of the molecule is C=CC(=O)N1C[C@@H]2CN(CC(=O)O)c3c(c4cc(F)c(-c5c(F)cccc5OF)c(F)c4n(-c4c(C)ccnc4C(C)C)c3=O)N2C[C@H]1C.C=CC(=O)N1C[C@@H]2CN(CC(=O)O)c3c(c4cc(F)c(-c5c(O)cccc5F)c(F)c4n(-c4c(C)ccnc4C(C)C)c3=O)N2C[C@H]1C.C=CC(=O)N1C[C@@H]2CN(CC(=O)O)c3c(c4cc(F)c(-c5c(O)cccc5F)c(F)c4n(-c4c(C)ccnc4C(C)C)c3=O)N2C[C@H]1C. The predicted molar refractivity (Wildman–Crippen MR) is 527 cm³/mol. The quantitative estimate of drug-likeness (QED) is 0.0371. The number of carbonyl (C=O) groups excluding carboxylic acids is 3. The highest BCUT2D eigenvalue weighted by atomic mass is 19.3. The molecular weight excluding hydrogens is 1900 g/mol. The molecule has 6 aliphatic heterocycles. The number of aromatic hydroxyl groups is 2. The van der Waals surface area contributed by atoms with Gasteiger partial charge in [-0.3, -0.25) is 76.7 Å². The lowest BCUT2D eigenvalue weighted by Gasteiger charge is -2.51. The minimum Gasteiger partial charge on any atom is -0.507 e. The summed E-state index contributed by atoms with van der Waals surface area (Å²) in [5.74, 6) is -18.8. The van der Waals surface area contributed by atoms with E-state index in [-0.39, 0.29) is 162 Å². The minimum atomic E-state index is -1.38. The second-order valence-corrected chi connectivity index (χ2v) is 37.7. The molecule has 5 N–H and O–H groups in total. The van der Waals surface area contributed by atoms with Crippen LogP contribution < -0.4 is 51.0 Å². The standard InChI is InChI=1S/C35H33F4N5O5.2C35H34F3N5O5/c1-6-25(45)42-15-20-14-41(16-26(46)47)34-33(43(20)13-19(42)5)21-12-23(37)28(27-22(36)8-7-9-24(27)49-39)29(38)32(21)44(35(34)48)31-18(4)10-11-40-30(31)17(2)3;2*1-6-25(45)41-15-20-14-40(16-26(46)47)34-33(42(20)13-19(41)5)21-12-23(37)28(27-22(36)8-7-9-24(27)44)29(38)32(21)43(35(34)48)31-18(4)10-11-39-30(31)17(2)3/h6-12,17,19-20H,1,13-16H2,2-5H3,(H,46,47);2*6-12,17,19-20,44H,1,13-16H2,2-5H3,(H,46,47)/t3*19-,20+/m111/s1. The first-order valence-corrected chi connectivity index (χ1v) is 46.5. The number of phenolic OH excluding ortho intramolecular Hbond substituents is 2. The zero-order valence-corrected chi connectivity index (χ0v) is 80.7. The number of hydrogen-bond acceptors (Lipinski definition) is 21. The topological polar surface area (TPSA) is 347 Å². The number of phenols is 2. The smallest absolute Gasteiger partial charge is 0.323 e. The van der Waals surface area contributed by atoms with Gasteiger partial charge in [0.15, 0.2) is 23.2 Å². The maximum absolute atomic E-state index is 17.3. The van der Waals surface area contributed by atoms with Gasteiger partial charge in [-0.25, -0.2) is 39.5 Å². The van der Waals surface area contributed by atoms with Crippen molar-refractivity contribution in [2.45, 2.75) is 137 Å². The third kappa shape index (κ3) is 17.6. The van der Waals surface area contributed by atoms with Gasteiger partial charge in [0.25, 0.3) is 16.7 Å². The van der Waals surface area contributed by atoms with Crippen molar-refractivity contribution in [1.29, 1.82) is 0 Å². The molecule has 6 aromatic carbocycles. The van der Waals surface area contributed by atoms with Gasteiger partial charge < -0.3 is 69.6 Å². The molecule has 30 nitrogen and oxygen atoms in total. The molecule has 0 radical (unpaired) electrons. The molecule has 0 spiro atoms. The van der Waals surface area contributed by atoms with Crippen LogP contribution in [0.4, 0.5) is 78.2 Å². The fourth-order valence-corrected chi connectivity index (χ4v) is 21.2. The first-order chi connectivity index (χ1) is 68.8. The van der Waals surface area contributed by atoms with Crippen molar-refractivity contribution in [3.63, 3.8) is 0 Å². The van der Waals surface area contributed by atoms with E-state index in [4.69, 9.17) is 0 Å². The van der Waals surface area contributed by atoms with Crippen molar-refractivity contribution >= 4 is 102 Å². The van der Waals surface area contributed by atoms with Crippen molar-refractivity contribution in [1.82, 2.24) is 43.4 Å². The Morgan fingerprint density at radius 1 is 0.379 bits per heavy atom. The highest BCUT2D eigenvalue weighted by Gasteiger charge is 2.49. The van der Waals surface area contributed by atoms with Crippen LogP contribution in [0.25, 0.3) is 83.2 Å². The summed E-state index contributed by atoms with van der Waals surface area (Å²) in [6, 6.07) is 14.3. The van der Waals surface area contributed by atoms with Crippen molar-refractivity contribution in [3.8, 4) is 67.7 Å². The van der Waals surface area contributed by atoms with Crippen molar-refractivity contribution in [3.05, 3.63) is 265 Å². The lowest BCUT2D eigenvalue weighted by atomic mass is 9.95. The van der Waals surface area contributed by atoms with Crippen LogP contribution in [0.3, 0.4) is 0 Å². The number of carboxylic acids is 3. The Morgan fingerprint density at radius 3 is 0.903 bits per heavy atom. The number of aromatic nitrogens is 6. The number of aliphatic carboxylic acids is 3. The highest BCUT2D eigenvalue weighted by Crippen LogP contribution is 2.53. The Kier molecular flexibility index (Phi) is 27.9. The summed E-state index contributed by atoms with van der Waals surface area (Å²) >= 11 is 0. The Morgan fingerprint density at radius 2 is 0.648 bits per heavy atom. The summed E-state index contributed by atoms with van der Waals surface area (Å²) in [6.45, 7) is 31.1. The summed E-state index contributed by atoms with van der Waals surface area (Å²) in [6.07, 6.45) is 8.14. The van der Waals surface area contributed by atoms with E-state index in [0.29, 0.717) is 33.8 Å². The molecule has 756 valence electrons. The molecule has 12 aromatic rings. The Hall–Kier alpha value is -16.1. The van der Waals surface area contributed by atoms with E-state index in [1.807, 2.05) is 41.5 Å². The molecule has 145 heavy (non-hydrogen) atoms. The average molecular weight is 2000 g/mol. The molecule has 6 atom stereocenters. The van der Waals surface area contributed by atoms with Crippen molar-refractivity contribution < 1.29 is 103 Å². The van der Waals surface area contributed by atoms with Crippen LogP contribution in [0, 0.1) is 73.1 Å². The number of aryl methyl sites for hydroxylation is 3. The molecule has 12 heterocycles. The molecule has 6 aliphatic rings. The van der Waals surface area contributed by atoms with Crippen LogP contribution in [-0.4, -0.2) is 219 Å². The van der Waals surface area contributed by atoms with Gasteiger partial charge in [0.2, 0.25) is 17.7 Å². The molecule has 3 saturated heterocycles. The minimum absolute atomic E-state index is 0.00772. The number of nitrogens with zero attached hydrogens (tertiary/aromatic N) is 15. The first-order valence-electron chi connectivity index (χ1n) is 46.5. The normalized spacial score (nSPS) is 17.4. The number of amides is 3. The van der Waals surface area contributed by atoms with Gasteiger partial charge in [-0.2, -0.15) is 0 Å². The number of piperazine rings is 3. The average Bonchev–Trinajstić information content (AvgIpc) is 0.707. The van der Waals surface area contributed by atoms with E-state index in [2.05, 4.69) is 39.6 Å². The number of carbonyl (C=O) groups is 6. The molecular formula is C105H101F10N15O15.